The molecule has 2 aliphatic heterocycles. The number of rotatable bonds is 4. The first-order valence-electron chi connectivity index (χ1n) is 11.9. The van der Waals surface area contributed by atoms with Crippen LogP contribution in [0, 0.1) is 0 Å². The monoisotopic (exact) mass is 493 g/mol. The second-order valence-corrected chi connectivity index (χ2v) is 8.79. The van der Waals surface area contributed by atoms with Gasteiger partial charge in [-0.3, -0.25) is 14.5 Å². The van der Waals surface area contributed by atoms with E-state index >= 15 is 0 Å². The van der Waals surface area contributed by atoms with Crippen molar-refractivity contribution >= 4 is 33.9 Å². The Morgan fingerprint density at radius 2 is 1.62 bits per heavy atom. The number of carbonyl (C=O) groups excluding carboxylic acids is 2. The van der Waals surface area contributed by atoms with Gasteiger partial charge in [-0.05, 0) is 58.8 Å². The molecule has 4 aromatic carbocycles. The predicted octanol–water partition coefficient (Wildman–Crippen LogP) is 5.25. The van der Waals surface area contributed by atoms with Crippen molar-refractivity contribution in [3.63, 3.8) is 0 Å². The van der Waals surface area contributed by atoms with Gasteiger partial charge < -0.3 is 19.3 Å². The van der Waals surface area contributed by atoms with Crippen LogP contribution in [0.5, 0.6) is 17.2 Å². The first kappa shape index (κ1) is 22.7. The Hall–Kier alpha value is -4.78. The molecule has 4 aromatic rings. The van der Waals surface area contributed by atoms with Gasteiger partial charge in [0, 0.05) is 11.3 Å². The van der Waals surface area contributed by atoms with Crippen molar-refractivity contribution in [1.82, 2.24) is 0 Å². The molecule has 1 amide bonds. The Balaban J connectivity index is 1.58. The normalized spacial score (nSPS) is 18.3. The Labute approximate surface area is 213 Å². The number of hydrogen-bond donors (Lipinski definition) is 1. The highest BCUT2D eigenvalue weighted by molar-refractivity contribution is 6.51. The molecule has 1 atom stereocenters. The van der Waals surface area contributed by atoms with Crippen LogP contribution in [0.2, 0.25) is 0 Å². The lowest BCUT2D eigenvalue weighted by Crippen LogP contribution is -2.29. The molecule has 0 aromatic heterocycles. The lowest BCUT2D eigenvalue weighted by atomic mass is 9.91. The average molecular weight is 494 g/mol. The number of methoxy groups -OCH3 is 1. The summed E-state index contributed by atoms with van der Waals surface area (Å²) in [6.07, 6.45) is 0. The van der Waals surface area contributed by atoms with E-state index in [2.05, 4.69) is 0 Å². The van der Waals surface area contributed by atoms with Crippen LogP contribution in [0.25, 0.3) is 16.5 Å². The molecule has 0 radical (unpaired) electrons. The number of ether oxygens (including phenoxy) is 3. The summed E-state index contributed by atoms with van der Waals surface area (Å²) in [6, 6.07) is 24.5. The van der Waals surface area contributed by atoms with E-state index in [4.69, 9.17) is 14.2 Å². The van der Waals surface area contributed by atoms with Gasteiger partial charge in [-0.2, -0.15) is 0 Å². The van der Waals surface area contributed by atoms with Gasteiger partial charge in [0.15, 0.2) is 11.5 Å². The topological polar surface area (TPSA) is 85.3 Å². The third-order valence-electron chi connectivity index (χ3n) is 6.73. The summed E-state index contributed by atoms with van der Waals surface area (Å²) in [5, 5.41) is 13.4. The van der Waals surface area contributed by atoms with Gasteiger partial charge in [-0.25, -0.2) is 0 Å². The summed E-state index contributed by atoms with van der Waals surface area (Å²) in [6.45, 7) is 0.821. The van der Waals surface area contributed by atoms with Crippen molar-refractivity contribution in [2.24, 2.45) is 0 Å². The number of hydrogen-bond acceptors (Lipinski definition) is 6. The van der Waals surface area contributed by atoms with E-state index < -0.39 is 17.7 Å². The molecule has 2 aliphatic rings. The van der Waals surface area contributed by atoms with Crippen molar-refractivity contribution in [2.75, 3.05) is 25.2 Å². The molecule has 184 valence electrons. The van der Waals surface area contributed by atoms with Crippen LogP contribution < -0.4 is 19.1 Å². The molecular formula is C30H23NO6. The molecule has 1 fully saturated rings. The Kier molecular flexibility index (Phi) is 5.53. The maximum absolute atomic E-state index is 13.5. The molecule has 37 heavy (non-hydrogen) atoms. The fourth-order valence-corrected chi connectivity index (χ4v) is 4.97. The zero-order valence-corrected chi connectivity index (χ0v) is 20.0. The largest absolute Gasteiger partial charge is 0.507 e. The zero-order chi connectivity index (χ0) is 25.5. The highest BCUT2D eigenvalue weighted by atomic mass is 16.6. The maximum atomic E-state index is 13.5. The Morgan fingerprint density at radius 3 is 2.41 bits per heavy atom. The molecule has 1 saturated heterocycles. The number of aliphatic hydroxyl groups is 1. The number of ketones is 1. The van der Waals surface area contributed by atoms with Crippen molar-refractivity contribution in [3.8, 4) is 17.2 Å². The van der Waals surface area contributed by atoms with Crippen LogP contribution in [0.15, 0.2) is 90.5 Å². The van der Waals surface area contributed by atoms with Gasteiger partial charge in [0.2, 0.25) is 0 Å². The van der Waals surface area contributed by atoms with Gasteiger partial charge in [-0.1, -0.05) is 42.5 Å². The summed E-state index contributed by atoms with van der Waals surface area (Å²) in [7, 11) is 1.56. The number of carbonyl (C=O) groups is 2. The highest BCUT2D eigenvalue weighted by Gasteiger charge is 2.47. The molecule has 2 heterocycles. The first-order valence-corrected chi connectivity index (χ1v) is 11.9. The zero-order valence-electron chi connectivity index (χ0n) is 20.0. The lowest BCUT2D eigenvalue weighted by molar-refractivity contribution is -0.132. The van der Waals surface area contributed by atoms with Crippen LogP contribution in [-0.2, 0) is 9.59 Å². The van der Waals surface area contributed by atoms with Crippen LogP contribution >= 0.6 is 0 Å². The minimum absolute atomic E-state index is 0.00819. The summed E-state index contributed by atoms with van der Waals surface area (Å²) in [5.41, 5.74) is 1.62. The number of Topliss-reactive ketones (excluding diaryl/α,β-unsaturated/α-hetero) is 1. The van der Waals surface area contributed by atoms with Crippen molar-refractivity contribution in [3.05, 3.63) is 102 Å². The fraction of sp³-hybridized carbons (Fsp3) is 0.133. The molecule has 1 N–H and O–H groups in total. The minimum Gasteiger partial charge on any atom is -0.507 e. The van der Waals surface area contributed by atoms with Crippen LogP contribution in [-0.4, -0.2) is 37.1 Å². The van der Waals surface area contributed by atoms with Crippen LogP contribution in [0.4, 0.5) is 5.69 Å². The van der Waals surface area contributed by atoms with E-state index in [-0.39, 0.29) is 11.3 Å². The van der Waals surface area contributed by atoms with E-state index in [9.17, 15) is 14.7 Å². The van der Waals surface area contributed by atoms with E-state index in [0.29, 0.717) is 41.7 Å². The molecule has 7 nitrogen and oxygen atoms in total. The van der Waals surface area contributed by atoms with Gasteiger partial charge >= 0.3 is 0 Å². The van der Waals surface area contributed by atoms with Crippen molar-refractivity contribution < 1.29 is 28.9 Å². The molecule has 6 rings (SSSR count). The number of nitrogens with zero attached hydrogens (tertiary/aromatic N) is 1. The maximum Gasteiger partial charge on any atom is 0.300 e. The van der Waals surface area contributed by atoms with E-state index in [0.717, 1.165) is 16.3 Å². The summed E-state index contributed by atoms with van der Waals surface area (Å²) in [5.74, 6) is -0.0978. The highest BCUT2D eigenvalue weighted by Crippen LogP contribution is 2.45. The van der Waals surface area contributed by atoms with E-state index in [1.54, 1.807) is 49.6 Å². The van der Waals surface area contributed by atoms with Crippen LogP contribution in [0.1, 0.15) is 17.2 Å². The molecule has 7 heteroatoms. The van der Waals surface area contributed by atoms with Gasteiger partial charge in [0.25, 0.3) is 11.7 Å². The molecule has 0 bridgehead atoms. The second-order valence-electron chi connectivity index (χ2n) is 8.79. The summed E-state index contributed by atoms with van der Waals surface area (Å²) >= 11 is 0. The van der Waals surface area contributed by atoms with E-state index in [1.165, 1.54) is 4.90 Å². The number of benzene rings is 4. The minimum atomic E-state index is -0.854. The Morgan fingerprint density at radius 1 is 0.892 bits per heavy atom. The quantitative estimate of drug-likeness (QED) is 0.238. The molecule has 0 aliphatic carbocycles. The average Bonchev–Trinajstić information content (AvgIpc) is 3.21. The standard InChI is InChI=1S/C30H23NO6/c1-35-21-12-10-20(11-13-21)31-27(23-8-4-6-18-5-2-3-7-22(18)23)26(29(33)30(31)34)28(32)19-9-14-24-25(17-19)37-16-15-36-24/h2-14,17,27,32H,15-16H2,1H3/b28-26-. The van der Waals surface area contributed by atoms with Crippen molar-refractivity contribution in [2.45, 2.75) is 6.04 Å². The summed E-state index contributed by atoms with van der Waals surface area (Å²) in [4.78, 5) is 28.5. The molecule has 0 saturated carbocycles. The Bertz CT molecular complexity index is 1570. The van der Waals surface area contributed by atoms with Gasteiger partial charge in [0.05, 0.1) is 18.7 Å². The molecular weight excluding hydrogens is 470 g/mol. The third-order valence-corrected chi connectivity index (χ3v) is 6.73. The first-order chi connectivity index (χ1) is 18.1. The molecule has 0 spiro atoms. The number of aliphatic hydroxyl groups excluding tert-OH is 1. The smallest absolute Gasteiger partial charge is 0.300 e. The SMILES string of the molecule is COc1ccc(N2C(=O)C(=O)/C(=C(\O)c3ccc4c(c3)OCCO4)C2c2cccc3ccccc23)cc1. The van der Waals surface area contributed by atoms with Crippen LogP contribution in [0.3, 0.4) is 0 Å². The lowest BCUT2D eigenvalue weighted by Gasteiger charge is -2.26. The van der Waals surface area contributed by atoms with E-state index in [1.807, 2.05) is 42.5 Å². The third kappa shape index (κ3) is 3.76. The van der Waals surface area contributed by atoms with Crippen molar-refractivity contribution in [1.29, 1.82) is 0 Å². The number of amides is 1. The fourth-order valence-electron chi connectivity index (χ4n) is 4.97. The predicted molar refractivity (Wildman–Crippen MR) is 139 cm³/mol. The number of fused-ring (bicyclic) bond motifs is 2. The van der Waals surface area contributed by atoms with Gasteiger partial charge in [-0.15, -0.1) is 0 Å². The second kappa shape index (κ2) is 9.02. The van der Waals surface area contributed by atoms with Gasteiger partial charge in [0.1, 0.15) is 24.7 Å². The summed E-state index contributed by atoms with van der Waals surface area (Å²) < 4.78 is 16.5. The molecule has 1 unspecified atom stereocenters. The number of anilines is 1.